The molecule has 1 aliphatic heterocycles. The summed E-state index contributed by atoms with van der Waals surface area (Å²) in [5, 5.41) is 2.64. The van der Waals surface area contributed by atoms with Crippen molar-refractivity contribution < 1.29 is 18.0 Å². The van der Waals surface area contributed by atoms with E-state index in [1.54, 1.807) is 16.7 Å². The van der Waals surface area contributed by atoms with Crippen LogP contribution >= 0.6 is 11.8 Å². The Labute approximate surface area is 132 Å². The molecule has 1 aromatic carbocycles. The summed E-state index contributed by atoms with van der Waals surface area (Å²) in [7, 11) is 0. The molecule has 122 valence electrons. The average molecular weight is 332 g/mol. The van der Waals surface area contributed by atoms with E-state index in [2.05, 4.69) is 5.32 Å². The summed E-state index contributed by atoms with van der Waals surface area (Å²) >= 11 is 1.57. The number of carbonyl (C=O) groups excluding carboxylic acids is 1. The van der Waals surface area contributed by atoms with Crippen LogP contribution in [0.1, 0.15) is 36.3 Å². The van der Waals surface area contributed by atoms with Gasteiger partial charge in [0.1, 0.15) is 5.37 Å². The van der Waals surface area contributed by atoms with Gasteiger partial charge in [-0.05, 0) is 24.1 Å². The van der Waals surface area contributed by atoms with Crippen molar-refractivity contribution in [1.29, 1.82) is 0 Å². The summed E-state index contributed by atoms with van der Waals surface area (Å²) in [6.45, 7) is 3.27. The second-order valence-corrected chi connectivity index (χ2v) is 6.31. The van der Waals surface area contributed by atoms with Crippen molar-refractivity contribution >= 4 is 17.8 Å². The van der Waals surface area contributed by atoms with E-state index in [-0.39, 0.29) is 11.4 Å². The zero-order chi connectivity index (χ0) is 16.2. The molecule has 0 spiro atoms. The molecule has 1 saturated heterocycles. The van der Waals surface area contributed by atoms with Crippen LogP contribution in [0, 0.1) is 0 Å². The number of rotatable bonds is 4. The fourth-order valence-corrected chi connectivity index (χ4v) is 3.52. The Hall–Kier alpha value is -1.37. The fourth-order valence-electron chi connectivity index (χ4n) is 2.26. The number of alkyl halides is 3. The van der Waals surface area contributed by atoms with E-state index in [4.69, 9.17) is 0 Å². The molecular weight excluding hydrogens is 313 g/mol. The van der Waals surface area contributed by atoms with Crippen LogP contribution in [0.3, 0.4) is 0 Å². The van der Waals surface area contributed by atoms with Crippen LogP contribution in [0.2, 0.25) is 0 Å². The number of thioether (sulfide) groups is 1. The summed E-state index contributed by atoms with van der Waals surface area (Å²) < 4.78 is 37.8. The van der Waals surface area contributed by atoms with Gasteiger partial charge < -0.3 is 10.2 Å². The smallest absolute Gasteiger partial charge is 0.338 e. The number of benzene rings is 1. The van der Waals surface area contributed by atoms with Gasteiger partial charge in [-0.1, -0.05) is 25.5 Å². The van der Waals surface area contributed by atoms with Gasteiger partial charge in [0.05, 0.1) is 5.56 Å². The molecule has 0 aromatic heterocycles. The number of amides is 2. The Bertz CT molecular complexity index is 505. The fraction of sp³-hybridized carbons (Fsp3) is 0.533. The highest BCUT2D eigenvalue weighted by molar-refractivity contribution is 7.99. The van der Waals surface area contributed by atoms with E-state index < -0.39 is 11.7 Å². The molecule has 0 aliphatic carbocycles. The van der Waals surface area contributed by atoms with Gasteiger partial charge in [0.25, 0.3) is 0 Å². The molecule has 1 unspecified atom stereocenters. The van der Waals surface area contributed by atoms with E-state index in [1.807, 2.05) is 6.92 Å². The minimum absolute atomic E-state index is 0.150. The highest BCUT2D eigenvalue weighted by Crippen LogP contribution is 2.39. The van der Waals surface area contributed by atoms with Crippen LogP contribution < -0.4 is 5.32 Å². The summed E-state index contributed by atoms with van der Waals surface area (Å²) in [6.07, 6.45) is -2.42. The first-order valence-corrected chi connectivity index (χ1v) is 8.31. The summed E-state index contributed by atoms with van der Waals surface area (Å²) in [4.78, 5) is 13.8. The molecule has 3 nitrogen and oxygen atoms in total. The summed E-state index contributed by atoms with van der Waals surface area (Å²) in [5.74, 6) is 0.785. The normalized spacial score (nSPS) is 18.5. The van der Waals surface area contributed by atoms with E-state index in [0.717, 1.165) is 36.3 Å². The van der Waals surface area contributed by atoms with E-state index in [1.165, 1.54) is 12.1 Å². The molecule has 1 fully saturated rings. The molecule has 0 radical (unpaired) electrons. The van der Waals surface area contributed by atoms with Gasteiger partial charge in [0, 0.05) is 18.8 Å². The number of hydrogen-bond donors (Lipinski definition) is 1. The third-order valence-electron chi connectivity index (χ3n) is 3.48. The third kappa shape index (κ3) is 4.09. The van der Waals surface area contributed by atoms with Crippen molar-refractivity contribution in [3.63, 3.8) is 0 Å². The van der Waals surface area contributed by atoms with Crippen LogP contribution in [0.25, 0.3) is 0 Å². The lowest BCUT2D eigenvalue weighted by Crippen LogP contribution is -2.39. The van der Waals surface area contributed by atoms with Gasteiger partial charge in [0.15, 0.2) is 0 Å². The minimum Gasteiger partial charge on any atom is -0.338 e. The number of nitrogens with zero attached hydrogens (tertiary/aromatic N) is 1. The SMILES string of the molecule is CCCCNC(=O)N1CCSC1c1ccc(C(F)(F)F)cc1. The van der Waals surface area contributed by atoms with E-state index in [0.29, 0.717) is 13.1 Å². The van der Waals surface area contributed by atoms with Crippen molar-refractivity contribution in [2.45, 2.75) is 31.3 Å². The molecule has 1 atom stereocenters. The summed E-state index contributed by atoms with van der Waals surface area (Å²) in [5.41, 5.74) is 0.0549. The van der Waals surface area contributed by atoms with Crippen LogP contribution in [0.5, 0.6) is 0 Å². The number of unbranched alkanes of at least 4 members (excludes halogenated alkanes) is 1. The van der Waals surface area contributed by atoms with Crippen molar-refractivity contribution in [2.75, 3.05) is 18.8 Å². The van der Waals surface area contributed by atoms with E-state index in [9.17, 15) is 18.0 Å². The lowest BCUT2D eigenvalue weighted by atomic mass is 10.1. The molecule has 1 N–H and O–H groups in total. The average Bonchev–Trinajstić information content (AvgIpc) is 2.96. The van der Waals surface area contributed by atoms with Gasteiger partial charge in [-0.25, -0.2) is 4.79 Å². The number of carbonyl (C=O) groups is 1. The van der Waals surface area contributed by atoms with Crippen molar-refractivity contribution in [2.24, 2.45) is 0 Å². The minimum atomic E-state index is -4.33. The standard InChI is InChI=1S/C15H19F3N2OS/c1-2-3-8-19-14(21)20-9-10-22-13(20)11-4-6-12(7-5-11)15(16,17)18/h4-7,13H,2-3,8-10H2,1H3,(H,19,21). The number of nitrogens with one attached hydrogen (secondary N) is 1. The zero-order valence-corrected chi connectivity index (χ0v) is 13.1. The lowest BCUT2D eigenvalue weighted by Gasteiger charge is -2.24. The first kappa shape index (κ1) is 17.0. The monoisotopic (exact) mass is 332 g/mol. The Kier molecular flexibility index (Phi) is 5.61. The second-order valence-electron chi connectivity index (χ2n) is 5.12. The Morgan fingerprint density at radius 2 is 2.05 bits per heavy atom. The number of hydrogen-bond acceptors (Lipinski definition) is 2. The molecule has 1 aliphatic rings. The molecule has 0 bridgehead atoms. The predicted molar refractivity (Wildman–Crippen MR) is 81.7 cm³/mol. The highest BCUT2D eigenvalue weighted by Gasteiger charge is 2.33. The maximum atomic E-state index is 12.6. The quantitative estimate of drug-likeness (QED) is 0.836. The second kappa shape index (κ2) is 7.26. The van der Waals surface area contributed by atoms with Gasteiger partial charge in [-0.2, -0.15) is 13.2 Å². The van der Waals surface area contributed by atoms with Crippen LogP contribution in [0.4, 0.5) is 18.0 Å². The van der Waals surface area contributed by atoms with Crippen molar-refractivity contribution in [3.05, 3.63) is 35.4 Å². The Morgan fingerprint density at radius 1 is 1.36 bits per heavy atom. The predicted octanol–water partition coefficient (Wildman–Crippen LogP) is 4.26. The first-order chi connectivity index (χ1) is 10.4. The topological polar surface area (TPSA) is 32.3 Å². The van der Waals surface area contributed by atoms with Gasteiger partial charge >= 0.3 is 12.2 Å². The maximum absolute atomic E-state index is 12.6. The zero-order valence-electron chi connectivity index (χ0n) is 12.3. The van der Waals surface area contributed by atoms with Crippen molar-refractivity contribution in [3.8, 4) is 0 Å². The molecule has 22 heavy (non-hydrogen) atoms. The van der Waals surface area contributed by atoms with Crippen molar-refractivity contribution in [1.82, 2.24) is 10.2 Å². The van der Waals surface area contributed by atoms with Gasteiger partial charge in [-0.15, -0.1) is 11.8 Å². The van der Waals surface area contributed by atoms with Gasteiger partial charge in [-0.3, -0.25) is 0 Å². The van der Waals surface area contributed by atoms with Crippen LogP contribution in [-0.4, -0.2) is 29.8 Å². The number of halogens is 3. The molecule has 1 aromatic rings. The third-order valence-corrected chi connectivity index (χ3v) is 4.74. The molecular formula is C15H19F3N2OS. The maximum Gasteiger partial charge on any atom is 0.416 e. The molecule has 1 heterocycles. The largest absolute Gasteiger partial charge is 0.416 e. The molecule has 2 amide bonds. The van der Waals surface area contributed by atoms with Crippen LogP contribution in [0.15, 0.2) is 24.3 Å². The Balaban J connectivity index is 2.05. The van der Waals surface area contributed by atoms with E-state index >= 15 is 0 Å². The molecule has 2 rings (SSSR count). The summed E-state index contributed by atoms with van der Waals surface area (Å²) in [6, 6.07) is 4.90. The molecule has 7 heteroatoms. The number of urea groups is 1. The highest BCUT2D eigenvalue weighted by atomic mass is 32.2. The lowest BCUT2D eigenvalue weighted by molar-refractivity contribution is -0.137. The van der Waals surface area contributed by atoms with Gasteiger partial charge in [0.2, 0.25) is 0 Å². The Morgan fingerprint density at radius 3 is 2.64 bits per heavy atom. The molecule has 0 saturated carbocycles. The first-order valence-electron chi connectivity index (χ1n) is 7.26. The van der Waals surface area contributed by atoms with Crippen LogP contribution in [-0.2, 0) is 6.18 Å².